The number of amides is 2. The number of nitrogens with one attached hydrogen (secondary N) is 2. The lowest BCUT2D eigenvalue weighted by molar-refractivity contribution is -0.123. The van der Waals surface area contributed by atoms with Gasteiger partial charge in [-0.3, -0.25) is 9.59 Å². The number of rotatable bonds is 11. The molecule has 0 bridgehead atoms. The Balaban J connectivity index is 1.47. The van der Waals surface area contributed by atoms with Crippen molar-refractivity contribution < 1.29 is 18.9 Å². The summed E-state index contributed by atoms with van der Waals surface area (Å²) in [6.07, 6.45) is 0.993. The summed E-state index contributed by atoms with van der Waals surface area (Å²) < 4.78 is 12.7. The van der Waals surface area contributed by atoms with E-state index in [4.69, 9.17) is 9.31 Å². The Morgan fingerprint density at radius 1 is 0.762 bits per heavy atom. The molecule has 2 atom stereocenters. The monoisotopic (exact) mass is 568 g/mol. The maximum atomic E-state index is 13.7. The van der Waals surface area contributed by atoms with Gasteiger partial charge < -0.3 is 19.9 Å². The second-order valence-corrected chi connectivity index (χ2v) is 12.2. The van der Waals surface area contributed by atoms with Gasteiger partial charge in [0.15, 0.2) is 0 Å². The number of hydrogen-bond acceptors (Lipinski definition) is 6. The average Bonchev–Trinajstić information content (AvgIpc) is 3.18. The van der Waals surface area contributed by atoms with E-state index in [0.29, 0.717) is 24.1 Å². The fourth-order valence-corrected chi connectivity index (χ4v) is 4.65. The van der Waals surface area contributed by atoms with E-state index in [2.05, 4.69) is 20.9 Å². The lowest BCUT2D eigenvalue weighted by Crippen LogP contribution is -2.55. The first-order valence-electron chi connectivity index (χ1n) is 14.5. The predicted octanol–water partition coefficient (Wildman–Crippen LogP) is 6.61. The van der Waals surface area contributed by atoms with Crippen molar-refractivity contribution in [2.75, 3.05) is 0 Å². The van der Waals surface area contributed by atoms with Crippen LogP contribution >= 0.6 is 0 Å². The topological polar surface area (TPSA) is 101 Å². The van der Waals surface area contributed by atoms with Crippen LogP contribution in [0.3, 0.4) is 0 Å². The SMILES string of the molecule is CC(C)C[C@H](NC(=O)c1ccc(N=Nc2ccccc2)cc1)C(=O)NC(Cc1ccccc1)B1OC(C)(C)C(C)(C)O1. The molecule has 2 amide bonds. The molecule has 0 radical (unpaired) electrons. The number of nitrogens with zero attached hydrogens (tertiary/aromatic N) is 2. The fourth-order valence-electron chi connectivity index (χ4n) is 4.65. The zero-order chi connectivity index (χ0) is 30.3. The number of carbonyl (C=O) groups is 2. The van der Waals surface area contributed by atoms with Gasteiger partial charge in [0.2, 0.25) is 5.91 Å². The van der Waals surface area contributed by atoms with Gasteiger partial charge in [-0.15, -0.1) is 0 Å². The normalized spacial score (nSPS) is 17.3. The second kappa shape index (κ2) is 13.4. The van der Waals surface area contributed by atoms with Crippen LogP contribution in [0.15, 0.2) is 95.2 Å². The molecule has 42 heavy (non-hydrogen) atoms. The van der Waals surface area contributed by atoms with Crippen LogP contribution in [0.5, 0.6) is 0 Å². The van der Waals surface area contributed by atoms with Gasteiger partial charge >= 0.3 is 7.12 Å². The van der Waals surface area contributed by atoms with Crippen molar-refractivity contribution in [3.63, 3.8) is 0 Å². The maximum absolute atomic E-state index is 13.7. The fraction of sp³-hybridized carbons (Fsp3) is 0.394. The molecule has 0 aliphatic carbocycles. The van der Waals surface area contributed by atoms with Gasteiger partial charge in [0.05, 0.1) is 28.5 Å². The largest absolute Gasteiger partial charge is 0.482 e. The molecule has 0 saturated carbocycles. The van der Waals surface area contributed by atoms with Crippen LogP contribution in [-0.2, 0) is 20.5 Å². The molecule has 1 aliphatic heterocycles. The van der Waals surface area contributed by atoms with Crippen molar-refractivity contribution >= 4 is 30.3 Å². The van der Waals surface area contributed by atoms with E-state index < -0.39 is 30.3 Å². The van der Waals surface area contributed by atoms with Gasteiger partial charge in [0, 0.05) is 5.56 Å². The first kappa shape index (κ1) is 31.1. The highest BCUT2D eigenvalue weighted by Gasteiger charge is 2.54. The van der Waals surface area contributed by atoms with Crippen molar-refractivity contribution in [2.45, 2.75) is 77.6 Å². The maximum Gasteiger partial charge on any atom is 0.482 e. The average molecular weight is 569 g/mol. The predicted molar refractivity (Wildman–Crippen MR) is 166 cm³/mol. The number of benzene rings is 3. The highest BCUT2D eigenvalue weighted by molar-refractivity contribution is 6.48. The smallest absolute Gasteiger partial charge is 0.402 e. The molecule has 1 saturated heterocycles. The summed E-state index contributed by atoms with van der Waals surface area (Å²) in [5.74, 6) is -0.897. The highest BCUT2D eigenvalue weighted by atomic mass is 16.7. The lowest BCUT2D eigenvalue weighted by Gasteiger charge is -2.32. The van der Waals surface area contributed by atoms with Gasteiger partial charge in [-0.1, -0.05) is 62.4 Å². The highest BCUT2D eigenvalue weighted by Crippen LogP contribution is 2.38. The summed E-state index contributed by atoms with van der Waals surface area (Å²) in [6.45, 7) is 12.0. The Morgan fingerprint density at radius 2 is 1.29 bits per heavy atom. The number of carbonyl (C=O) groups excluding carboxylic acids is 2. The third kappa shape index (κ3) is 8.14. The van der Waals surface area contributed by atoms with E-state index in [9.17, 15) is 9.59 Å². The number of azo groups is 1. The first-order chi connectivity index (χ1) is 19.9. The number of hydrogen-bond donors (Lipinski definition) is 2. The molecular formula is C33H41BN4O4. The molecule has 220 valence electrons. The first-order valence-corrected chi connectivity index (χ1v) is 14.5. The van der Waals surface area contributed by atoms with Crippen LogP contribution in [0, 0.1) is 5.92 Å². The van der Waals surface area contributed by atoms with Crippen LogP contribution in [0.2, 0.25) is 0 Å². The lowest BCUT2D eigenvalue weighted by atomic mass is 9.74. The standard InChI is InChI=1S/C33H41BN4O4/c1-23(2)21-28(35-30(39)25-17-19-27(20-18-25)38-37-26-15-11-8-12-16-26)31(40)36-29(22-24-13-9-7-10-14-24)34-41-32(3,4)33(5,6)42-34/h7-20,23,28-29H,21-22H2,1-6H3,(H,35,39)(H,36,40)/t28-,29?/m0/s1. The molecule has 0 spiro atoms. The zero-order valence-corrected chi connectivity index (χ0v) is 25.3. The van der Waals surface area contributed by atoms with E-state index in [1.54, 1.807) is 24.3 Å². The Morgan fingerprint density at radius 3 is 1.83 bits per heavy atom. The van der Waals surface area contributed by atoms with Gasteiger partial charge in [-0.2, -0.15) is 10.2 Å². The third-order valence-corrected chi connectivity index (χ3v) is 7.72. The molecule has 1 unspecified atom stereocenters. The van der Waals surface area contributed by atoms with Crippen LogP contribution < -0.4 is 10.6 Å². The molecule has 1 fully saturated rings. The Hall–Kier alpha value is -3.82. The van der Waals surface area contributed by atoms with E-state index in [0.717, 1.165) is 11.3 Å². The van der Waals surface area contributed by atoms with Gasteiger partial charge in [-0.25, -0.2) is 0 Å². The van der Waals surface area contributed by atoms with Crippen molar-refractivity contribution in [1.82, 2.24) is 10.6 Å². The van der Waals surface area contributed by atoms with Crippen LogP contribution in [-0.4, -0.2) is 42.1 Å². The van der Waals surface area contributed by atoms with Gasteiger partial charge in [0.1, 0.15) is 6.04 Å². The molecule has 4 rings (SSSR count). The quantitative estimate of drug-likeness (QED) is 0.201. The Kier molecular flexibility index (Phi) is 9.96. The summed E-state index contributed by atoms with van der Waals surface area (Å²) in [5, 5.41) is 14.6. The van der Waals surface area contributed by atoms with Crippen molar-refractivity contribution in [3.05, 3.63) is 96.1 Å². The molecule has 1 heterocycles. The summed E-state index contributed by atoms with van der Waals surface area (Å²) in [6, 6.07) is 25.4. The molecule has 1 aliphatic rings. The van der Waals surface area contributed by atoms with Crippen molar-refractivity contribution in [2.24, 2.45) is 16.1 Å². The molecule has 9 heteroatoms. The van der Waals surface area contributed by atoms with Crippen LogP contribution in [0.4, 0.5) is 11.4 Å². The molecule has 3 aromatic carbocycles. The summed E-state index contributed by atoms with van der Waals surface area (Å²) in [7, 11) is -0.646. The second-order valence-electron chi connectivity index (χ2n) is 12.2. The molecule has 0 aromatic heterocycles. The van der Waals surface area contributed by atoms with Crippen LogP contribution in [0.1, 0.15) is 63.9 Å². The minimum Gasteiger partial charge on any atom is -0.402 e. The van der Waals surface area contributed by atoms with Gasteiger partial charge in [-0.05, 0) is 88.4 Å². The van der Waals surface area contributed by atoms with Crippen molar-refractivity contribution in [1.29, 1.82) is 0 Å². The van der Waals surface area contributed by atoms with Crippen LogP contribution in [0.25, 0.3) is 0 Å². The van der Waals surface area contributed by atoms with Gasteiger partial charge in [0.25, 0.3) is 5.91 Å². The molecule has 3 aromatic rings. The van der Waals surface area contributed by atoms with E-state index >= 15 is 0 Å². The zero-order valence-electron chi connectivity index (χ0n) is 25.3. The summed E-state index contributed by atoms with van der Waals surface area (Å²) in [4.78, 5) is 27.0. The van der Waals surface area contributed by atoms with E-state index in [-0.39, 0.29) is 17.7 Å². The Bertz CT molecular complexity index is 1350. The molecule has 2 N–H and O–H groups in total. The van der Waals surface area contributed by atoms with E-state index in [1.165, 1.54) is 0 Å². The third-order valence-electron chi connectivity index (χ3n) is 7.72. The minimum atomic E-state index is -0.740. The molecule has 8 nitrogen and oxygen atoms in total. The van der Waals surface area contributed by atoms with E-state index in [1.807, 2.05) is 102 Å². The Labute approximate surface area is 249 Å². The minimum absolute atomic E-state index is 0.172. The molecular weight excluding hydrogens is 527 g/mol. The van der Waals surface area contributed by atoms with Crippen molar-refractivity contribution in [3.8, 4) is 0 Å². The summed E-state index contributed by atoms with van der Waals surface area (Å²) >= 11 is 0. The summed E-state index contributed by atoms with van der Waals surface area (Å²) in [5.41, 5.74) is 1.75.